The topological polar surface area (TPSA) is 26.0 Å². The predicted octanol–water partition coefficient (Wildman–Crippen LogP) is 3.03. The maximum absolute atomic E-state index is 12.8. The van der Waals surface area contributed by atoms with Crippen molar-refractivity contribution in [1.29, 1.82) is 0 Å². The van der Waals surface area contributed by atoms with Crippen molar-refractivity contribution in [1.82, 2.24) is 0 Å². The molecule has 0 aliphatic heterocycles. The first-order valence-corrected chi connectivity index (χ1v) is 6.17. The molecule has 2 aliphatic carbocycles. The van der Waals surface area contributed by atoms with Crippen molar-refractivity contribution in [2.45, 2.75) is 44.1 Å². The molecule has 0 heterocycles. The normalized spacial score (nSPS) is 24.1. The predicted molar refractivity (Wildman–Crippen MR) is 62.5 cm³/mol. The third-order valence-corrected chi connectivity index (χ3v) is 4.50. The Kier molecular flexibility index (Phi) is 2.12. The van der Waals surface area contributed by atoms with E-state index in [1.165, 1.54) is 37.7 Å². The molecule has 0 spiro atoms. The molecule has 0 atom stereocenters. The van der Waals surface area contributed by atoms with Gasteiger partial charge in [0, 0.05) is 5.54 Å². The van der Waals surface area contributed by atoms with Crippen molar-refractivity contribution in [3.63, 3.8) is 0 Å². The van der Waals surface area contributed by atoms with Crippen LogP contribution in [0.25, 0.3) is 0 Å². The smallest absolute Gasteiger partial charge is 0.123 e. The summed E-state index contributed by atoms with van der Waals surface area (Å²) >= 11 is 0. The lowest BCUT2D eigenvalue weighted by molar-refractivity contribution is 0.351. The van der Waals surface area contributed by atoms with Crippen molar-refractivity contribution in [2.75, 3.05) is 0 Å². The van der Waals surface area contributed by atoms with E-state index in [1.807, 2.05) is 12.1 Å². The monoisotopic (exact) mass is 219 g/mol. The number of rotatable bonds is 4. The Morgan fingerprint density at radius 1 is 1.06 bits per heavy atom. The zero-order valence-electron chi connectivity index (χ0n) is 9.51. The molecule has 1 nitrogen and oxygen atoms in total. The third-order valence-electron chi connectivity index (χ3n) is 4.50. The fraction of sp³-hybridized carbons (Fsp3) is 0.571. The van der Waals surface area contributed by atoms with Crippen molar-refractivity contribution in [2.24, 2.45) is 11.1 Å². The molecule has 0 aromatic heterocycles. The van der Waals surface area contributed by atoms with Gasteiger partial charge in [0.25, 0.3) is 0 Å². The minimum Gasteiger partial charge on any atom is -0.325 e. The molecule has 2 N–H and O–H groups in total. The molecule has 0 saturated heterocycles. The molecular formula is C14H18FN. The second-order valence-electron chi connectivity index (χ2n) is 5.56. The molecule has 3 rings (SSSR count). The lowest BCUT2D eigenvalue weighted by Crippen LogP contribution is -2.34. The zero-order valence-corrected chi connectivity index (χ0v) is 9.51. The molecular weight excluding hydrogens is 201 g/mol. The highest BCUT2D eigenvalue weighted by Gasteiger charge is 2.62. The number of hydrogen-bond acceptors (Lipinski definition) is 1. The summed E-state index contributed by atoms with van der Waals surface area (Å²) in [6.07, 6.45) is 7.22. The van der Waals surface area contributed by atoms with Crippen LogP contribution in [0.15, 0.2) is 24.3 Å². The van der Waals surface area contributed by atoms with Gasteiger partial charge in [-0.3, -0.25) is 0 Å². The van der Waals surface area contributed by atoms with Crippen molar-refractivity contribution in [3.05, 3.63) is 35.6 Å². The first kappa shape index (κ1) is 10.3. The largest absolute Gasteiger partial charge is 0.325 e. The number of aryl methyl sites for hydroxylation is 1. The van der Waals surface area contributed by atoms with Gasteiger partial charge in [0.15, 0.2) is 0 Å². The van der Waals surface area contributed by atoms with Crippen LogP contribution in [0.2, 0.25) is 0 Å². The third kappa shape index (κ3) is 1.65. The van der Waals surface area contributed by atoms with Crippen LogP contribution in [0.5, 0.6) is 0 Å². The summed E-state index contributed by atoms with van der Waals surface area (Å²) in [4.78, 5) is 0. The average molecular weight is 219 g/mol. The molecule has 1 aromatic carbocycles. The molecule has 86 valence electrons. The number of benzene rings is 1. The second kappa shape index (κ2) is 3.30. The Labute approximate surface area is 95.8 Å². The molecule has 16 heavy (non-hydrogen) atoms. The number of hydrogen-bond donors (Lipinski definition) is 1. The van der Waals surface area contributed by atoms with E-state index in [4.69, 9.17) is 5.73 Å². The second-order valence-corrected chi connectivity index (χ2v) is 5.56. The highest BCUT2D eigenvalue weighted by atomic mass is 19.1. The molecule has 2 saturated carbocycles. The summed E-state index contributed by atoms with van der Waals surface area (Å²) < 4.78 is 12.8. The lowest BCUT2D eigenvalue weighted by atomic mass is 9.88. The van der Waals surface area contributed by atoms with Gasteiger partial charge in [-0.1, -0.05) is 12.1 Å². The molecule has 0 radical (unpaired) electrons. The Bertz CT molecular complexity index is 388. The van der Waals surface area contributed by atoms with Crippen LogP contribution in [0, 0.1) is 11.2 Å². The van der Waals surface area contributed by atoms with Gasteiger partial charge in [0.2, 0.25) is 0 Å². The van der Waals surface area contributed by atoms with E-state index >= 15 is 0 Å². The Balaban J connectivity index is 1.63. The molecule has 0 amide bonds. The lowest BCUT2D eigenvalue weighted by Gasteiger charge is -2.22. The molecule has 2 aliphatic rings. The molecule has 0 unspecified atom stereocenters. The molecule has 1 aromatic rings. The van der Waals surface area contributed by atoms with Gasteiger partial charge in [-0.15, -0.1) is 0 Å². The van der Waals surface area contributed by atoms with Crippen LogP contribution < -0.4 is 5.73 Å². The number of nitrogens with two attached hydrogens (primary N) is 1. The molecule has 0 bridgehead atoms. The van der Waals surface area contributed by atoms with Crippen LogP contribution in [0.4, 0.5) is 4.39 Å². The first-order chi connectivity index (χ1) is 7.64. The summed E-state index contributed by atoms with van der Waals surface area (Å²) in [5, 5.41) is 0. The van der Waals surface area contributed by atoms with Crippen LogP contribution in [0.3, 0.4) is 0 Å². The first-order valence-electron chi connectivity index (χ1n) is 6.17. The van der Waals surface area contributed by atoms with Crippen LogP contribution in [0.1, 0.15) is 37.7 Å². The van der Waals surface area contributed by atoms with Crippen molar-refractivity contribution < 1.29 is 4.39 Å². The Hall–Kier alpha value is -0.890. The van der Waals surface area contributed by atoms with Gasteiger partial charge in [-0.05, 0) is 61.6 Å². The summed E-state index contributed by atoms with van der Waals surface area (Å²) in [6, 6.07) is 6.87. The van der Waals surface area contributed by atoms with E-state index in [-0.39, 0.29) is 11.4 Å². The van der Waals surface area contributed by atoms with Crippen molar-refractivity contribution >= 4 is 0 Å². The Morgan fingerprint density at radius 3 is 2.19 bits per heavy atom. The minimum absolute atomic E-state index is 0.151. The van der Waals surface area contributed by atoms with Crippen LogP contribution in [-0.2, 0) is 6.42 Å². The van der Waals surface area contributed by atoms with E-state index in [0.29, 0.717) is 5.41 Å². The number of halogens is 1. The standard InChI is InChI=1S/C14H18FN/c15-12-3-1-11(2-4-12)5-6-13(7-8-13)14(16)9-10-14/h1-4H,5-10,16H2. The quantitative estimate of drug-likeness (QED) is 0.827. The van der Waals surface area contributed by atoms with Gasteiger partial charge in [0.1, 0.15) is 5.82 Å². The van der Waals surface area contributed by atoms with E-state index in [2.05, 4.69) is 0 Å². The zero-order chi connectivity index (χ0) is 11.2. The summed E-state index contributed by atoms with van der Waals surface area (Å²) in [7, 11) is 0. The van der Waals surface area contributed by atoms with Gasteiger partial charge in [0.05, 0.1) is 0 Å². The van der Waals surface area contributed by atoms with Gasteiger partial charge in [-0.25, -0.2) is 4.39 Å². The maximum Gasteiger partial charge on any atom is 0.123 e. The minimum atomic E-state index is -0.151. The van der Waals surface area contributed by atoms with Gasteiger partial charge < -0.3 is 5.73 Å². The summed E-state index contributed by atoms with van der Waals surface area (Å²) in [6.45, 7) is 0. The molecule has 2 fully saturated rings. The highest BCUT2D eigenvalue weighted by molar-refractivity contribution is 5.22. The van der Waals surface area contributed by atoms with Gasteiger partial charge in [-0.2, -0.15) is 0 Å². The fourth-order valence-corrected chi connectivity index (χ4v) is 2.85. The molecule has 2 heteroatoms. The fourth-order valence-electron chi connectivity index (χ4n) is 2.85. The van der Waals surface area contributed by atoms with E-state index in [9.17, 15) is 4.39 Å². The van der Waals surface area contributed by atoms with Gasteiger partial charge >= 0.3 is 0 Å². The highest BCUT2D eigenvalue weighted by Crippen LogP contribution is 2.64. The summed E-state index contributed by atoms with van der Waals surface area (Å²) in [5.41, 5.74) is 8.14. The maximum atomic E-state index is 12.8. The van der Waals surface area contributed by atoms with Crippen LogP contribution in [-0.4, -0.2) is 5.54 Å². The van der Waals surface area contributed by atoms with E-state index < -0.39 is 0 Å². The Morgan fingerprint density at radius 2 is 1.69 bits per heavy atom. The van der Waals surface area contributed by atoms with Crippen LogP contribution >= 0.6 is 0 Å². The average Bonchev–Trinajstić information content (AvgIpc) is 3.15. The van der Waals surface area contributed by atoms with Crippen molar-refractivity contribution in [3.8, 4) is 0 Å². The van der Waals surface area contributed by atoms with E-state index in [0.717, 1.165) is 6.42 Å². The SMILES string of the molecule is NC1(C2(CCc3ccc(F)cc3)CC2)CC1. The van der Waals surface area contributed by atoms with E-state index in [1.54, 1.807) is 12.1 Å². The summed E-state index contributed by atoms with van der Waals surface area (Å²) in [5.74, 6) is -0.151.